The van der Waals surface area contributed by atoms with Crippen LogP contribution in [0, 0.1) is 6.92 Å². The fourth-order valence-electron chi connectivity index (χ4n) is 2.85. The quantitative estimate of drug-likeness (QED) is 0.408. The van der Waals surface area contributed by atoms with Crippen molar-refractivity contribution < 1.29 is 53.6 Å². The van der Waals surface area contributed by atoms with E-state index in [1.165, 1.54) is 55.6 Å². The molecule has 0 unspecified atom stereocenters. The van der Waals surface area contributed by atoms with Crippen LogP contribution >= 0.6 is 0 Å². The molecule has 0 radical (unpaired) electrons. The number of aryl methyl sites for hydroxylation is 1. The topological polar surface area (TPSA) is 133 Å². The normalized spacial score (nSPS) is 12.0. The Morgan fingerprint density at radius 1 is 0.735 bits per heavy atom. The number of ether oxygens (including phenoxy) is 2. The average Bonchev–Trinajstić information content (AvgIpc) is 2.73. The van der Waals surface area contributed by atoms with Gasteiger partial charge in [0, 0.05) is 6.07 Å². The van der Waals surface area contributed by atoms with Crippen LogP contribution < -0.4 is 32.5 Å². The molecular formula is C21H21LiNO8S3+. The molecule has 0 aromatic heterocycles. The Hall–Kier alpha value is -2.33. The summed E-state index contributed by atoms with van der Waals surface area (Å²) in [7, 11) is -11.0. The van der Waals surface area contributed by atoms with Crippen LogP contribution in [0.15, 0.2) is 81.4 Å². The Balaban J connectivity index is 0.00000408. The van der Waals surface area contributed by atoms with Crippen molar-refractivity contribution in [3.05, 3.63) is 72.3 Å². The third-order valence-electron chi connectivity index (χ3n) is 4.39. The van der Waals surface area contributed by atoms with Gasteiger partial charge in [0.2, 0.25) is 19.9 Å². The number of nitrogens with one attached hydrogen (secondary N) is 1. The molecule has 0 spiro atoms. The predicted octanol–water partition coefficient (Wildman–Crippen LogP) is -0.129. The van der Waals surface area contributed by atoms with E-state index in [4.69, 9.17) is 9.47 Å². The first-order valence-electron chi connectivity index (χ1n) is 9.33. The summed E-state index contributed by atoms with van der Waals surface area (Å²) >= 11 is 0. The van der Waals surface area contributed by atoms with Crippen molar-refractivity contribution >= 4 is 29.9 Å². The van der Waals surface area contributed by atoms with Gasteiger partial charge < -0.3 is 9.47 Å². The second-order valence-electron chi connectivity index (χ2n) is 7.06. The summed E-state index contributed by atoms with van der Waals surface area (Å²) in [6.07, 6.45) is 0.712. The molecule has 0 amide bonds. The number of sulfonamides is 2. The second-order valence-corrected chi connectivity index (χ2v) is 12.7. The zero-order chi connectivity index (χ0) is 24.4. The molecular weight excluding hydrogens is 497 g/mol. The SMILES string of the molecule is COc1ccc(Oc2ccc(S(=O)(=O)c3ccc(C)cc3)cc2)cc1S(=O)(=O)NS(C)(=O)=O.[Li+]. The van der Waals surface area contributed by atoms with Crippen LogP contribution in [-0.2, 0) is 29.9 Å². The van der Waals surface area contributed by atoms with E-state index in [9.17, 15) is 25.3 Å². The van der Waals surface area contributed by atoms with E-state index < -0.39 is 34.8 Å². The number of rotatable bonds is 8. The Kier molecular flexibility index (Phi) is 8.63. The molecule has 3 aromatic carbocycles. The summed E-state index contributed by atoms with van der Waals surface area (Å²) in [6.45, 7) is 1.86. The van der Waals surface area contributed by atoms with Crippen LogP contribution in [0.3, 0.4) is 0 Å². The van der Waals surface area contributed by atoms with E-state index in [-0.39, 0.29) is 45.9 Å². The minimum atomic E-state index is -4.46. The first kappa shape index (κ1) is 27.9. The Morgan fingerprint density at radius 2 is 1.24 bits per heavy atom. The molecule has 176 valence electrons. The van der Waals surface area contributed by atoms with Crippen molar-refractivity contribution in [1.82, 2.24) is 4.13 Å². The van der Waals surface area contributed by atoms with Gasteiger partial charge in [-0.05, 0) is 55.5 Å². The number of sulfone groups is 1. The smallest absolute Gasteiger partial charge is 0.495 e. The van der Waals surface area contributed by atoms with E-state index >= 15 is 0 Å². The van der Waals surface area contributed by atoms with Gasteiger partial charge in [-0.3, -0.25) is 0 Å². The number of methoxy groups -OCH3 is 1. The maximum Gasteiger partial charge on any atom is 1.00 e. The second kappa shape index (κ2) is 10.5. The van der Waals surface area contributed by atoms with Crippen molar-refractivity contribution in [1.29, 1.82) is 0 Å². The number of hydrogen-bond donors (Lipinski definition) is 1. The third-order valence-corrected chi connectivity index (χ3v) is 9.16. The summed E-state index contributed by atoms with van der Waals surface area (Å²) in [4.78, 5) is -0.217. The summed E-state index contributed by atoms with van der Waals surface area (Å²) in [5.41, 5.74) is 0.935. The molecule has 0 heterocycles. The molecule has 3 rings (SSSR count). The molecule has 0 aliphatic carbocycles. The predicted molar refractivity (Wildman–Crippen MR) is 121 cm³/mol. The molecule has 0 atom stereocenters. The van der Waals surface area contributed by atoms with Gasteiger partial charge in [0.25, 0.3) is 10.0 Å². The van der Waals surface area contributed by atoms with Gasteiger partial charge in [-0.15, -0.1) is 4.13 Å². The fourth-order valence-corrected chi connectivity index (χ4v) is 6.75. The van der Waals surface area contributed by atoms with E-state index in [1.807, 2.05) is 6.92 Å². The van der Waals surface area contributed by atoms with Crippen molar-refractivity contribution in [3.8, 4) is 17.2 Å². The zero-order valence-electron chi connectivity index (χ0n) is 18.8. The average molecular weight is 519 g/mol. The van der Waals surface area contributed by atoms with Crippen LogP contribution in [0.1, 0.15) is 5.56 Å². The van der Waals surface area contributed by atoms with Crippen LogP contribution in [-0.4, -0.2) is 38.6 Å². The first-order chi connectivity index (χ1) is 15.3. The molecule has 0 saturated carbocycles. The van der Waals surface area contributed by atoms with Crippen LogP contribution in [0.4, 0.5) is 0 Å². The van der Waals surface area contributed by atoms with Gasteiger partial charge in [0.1, 0.15) is 22.1 Å². The molecule has 9 nitrogen and oxygen atoms in total. The summed E-state index contributed by atoms with van der Waals surface area (Å²) in [5.74, 6) is 0.222. The minimum Gasteiger partial charge on any atom is -0.495 e. The minimum absolute atomic E-state index is 0. The van der Waals surface area contributed by atoms with E-state index in [0.29, 0.717) is 6.26 Å². The Morgan fingerprint density at radius 3 is 1.74 bits per heavy atom. The van der Waals surface area contributed by atoms with Gasteiger partial charge in [0.05, 0.1) is 23.2 Å². The molecule has 0 bridgehead atoms. The van der Waals surface area contributed by atoms with Crippen molar-refractivity contribution in [2.45, 2.75) is 21.6 Å². The number of hydrogen-bond acceptors (Lipinski definition) is 8. The zero-order valence-corrected chi connectivity index (χ0v) is 21.3. The van der Waals surface area contributed by atoms with Gasteiger partial charge in [-0.25, -0.2) is 25.3 Å². The van der Waals surface area contributed by atoms with Gasteiger partial charge in [0.15, 0.2) is 0 Å². The molecule has 0 saturated heterocycles. The van der Waals surface area contributed by atoms with Gasteiger partial charge in [-0.1, -0.05) is 17.7 Å². The molecule has 0 aliphatic heterocycles. The van der Waals surface area contributed by atoms with Crippen molar-refractivity contribution in [3.63, 3.8) is 0 Å². The Bertz CT molecular complexity index is 1480. The first-order valence-corrected chi connectivity index (χ1v) is 14.2. The van der Waals surface area contributed by atoms with E-state index in [0.717, 1.165) is 11.6 Å². The summed E-state index contributed by atoms with van der Waals surface area (Å²) in [5, 5.41) is 0. The Labute approximate surface area is 211 Å². The van der Waals surface area contributed by atoms with Gasteiger partial charge >= 0.3 is 18.9 Å². The molecule has 1 N–H and O–H groups in total. The molecule has 0 fully saturated rings. The van der Waals surface area contributed by atoms with Crippen molar-refractivity contribution in [2.75, 3.05) is 13.4 Å². The molecule has 13 heteroatoms. The molecule has 3 aromatic rings. The fraction of sp³-hybridized carbons (Fsp3) is 0.143. The molecule has 34 heavy (non-hydrogen) atoms. The van der Waals surface area contributed by atoms with Crippen LogP contribution in [0.25, 0.3) is 0 Å². The standard InChI is InChI=1S/C21H21NO8S3.Li/c1-15-4-9-18(10-5-15)32(25,26)19-11-6-16(7-12-19)30-17-8-13-20(29-2)21(14-17)33(27,28)22-31(3,23)24;/h4-14,22H,1-3H3;/q;+1. The monoisotopic (exact) mass is 518 g/mol. The molecule has 0 aliphatic rings. The van der Waals surface area contributed by atoms with Gasteiger partial charge in [-0.2, -0.15) is 0 Å². The maximum absolute atomic E-state index is 12.8. The van der Waals surface area contributed by atoms with Crippen molar-refractivity contribution in [2.24, 2.45) is 0 Å². The third kappa shape index (κ3) is 6.62. The van der Waals surface area contributed by atoms with E-state index in [1.54, 1.807) is 16.3 Å². The number of benzene rings is 3. The van der Waals surface area contributed by atoms with Crippen LogP contribution in [0.5, 0.6) is 17.2 Å². The largest absolute Gasteiger partial charge is 1.00 e. The summed E-state index contributed by atoms with van der Waals surface area (Å²) < 4.78 is 85.5. The summed E-state index contributed by atoms with van der Waals surface area (Å²) in [6, 6.07) is 15.9. The van der Waals surface area contributed by atoms with Crippen LogP contribution in [0.2, 0.25) is 0 Å². The van der Waals surface area contributed by atoms with E-state index in [2.05, 4.69) is 0 Å². The maximum atomic E-state index is 12.8.